The third-order valence-corrected chi connectivity index (χ3v) is 5.78. The van der Waals surface area contributed by atoms with Gasteiger partial charge in [-0.2, -0.15) is 18.3 Å². The van der Waals surface area contributed by atoms with Crippen LogP contribution in [0.3, 0.4) is 0 Å². The minimum absolute atomic E-state index is 0.126. The predicted molar refractivity (Wildman–Crippen MR) is 118 cm³/mol. The van der Waals surface area contributed by atoms with Crippen LogP contribution >= 0.6 is 0 Å². The van der Waals surface area contributed by atoms with Crippen LogP contribution in [0.25, 0.3) is 5.82 Å². The molecule has 0 unspecified atom stereocenters. The maximum absolute atomic E-state index is 13.9. The molecule has 1 saturated heterocycles. The average Bonchev–Trinajstić information content (AvgIpc) is 3.34. The molecular weight excluding hydrogens is 465 g/mol. The van der Waals surface area contributed by atoms with Crippen molar-refractivity contribution in [1.29, 1.82) is 0 Å². The van der Waals surface area contributed by atoms with Gasteiger partial charge in [0, 0.05) is 31.6 Å². The van der Waals surface area contributed by atoms with Crippen LogP contribution in [0, 0.1) is 5.92 Å². The van der Waals surface area contributed by atoms with E-state index in [-0.39, 0.29) is 36.6 Å². The Balaban J connectivity index is 1.44. The molecule has 0 spiro atoms. The summed E-state index contributed by atoms with van der Waals surface area (Å²) in [6, 6.07) is 12.1. The number of hydrogen-bond donors (Lipinski definition) is 1. The third-order valence-electron chi connectivity index (χ3n) is 5.78. The normalized spacial score (nSPS) is 14.6. The van der Waals surface area contributed by atoms with Gasteiger partial charge in [0.05, 0.1) is 18.9 Å². The van der Waals surface area contributed by atoms with E-state index in [1.54, 1.807) is 0 Å². The number of methoxy groups -OCH3 is 1. The number of nitrogens with one attached hydrogen (secondary N) is 1. The third kappa shape index (κ3) is 5.42. The van der Waals surface area contributed by atoms with Gasteiger partial charge in [-0.25, -0.2) is 4.68 Å². The zero-order valence-electron chi connectivity index (χ0n) is 18.8. The Labute approximate surface area is 198 Å². The number of nitrogens with zero attached hydrogens (tertiary/aromatic N) is 5. The van der Waals surface area contributed by atoms with Gasteiger partial charge in [-0.3, -0.25) is 9.59 Å². The van der Waals surface area contributed by atoms with E-state index in [2.05, 4.69) is 20.6 Å². The molecule has 3 heterocycles. The Bertz CT molecular complexity index is 1170. The summed E-state index contributed by atoms with van der Waals surface area (Å²) < 4.78 is 47.2. The van der Waals surface area contributed by atoms with Crippen molar-refractivity contribution in [3.05, 3.63) is 65.5 Å². The first-order chi connectivity index (χ1) is 16.8. The molecule has 1 N–H and O–H groups in total. The average molecular weight is 488 g/mol. The number of ether oxygens (including phenoxy) is 1. The molecule has 3 aromatic rings. The molecule has 4 rings (SSSR count). The van der Waals surface area contributed by atoms with Crippen LogP contribution < -0.4 is 10.1 Å². The van der Waals surface area contributed by atoms with Crippen LogP contribution in [-0.4, -0.2) is 56.9 Å². The number of likely N-dealkylation sites (tertiary alicyclic amines) is 1. The monoisotopic (exact) mass is 488 g/mol. The molecule has 0 saturated carbocycles. The van der Waals surface area contributed by atoms with Crippen LogP contribution in [0.1, 0.15) is 34.5 Å². The van der Waals surface area contributed by atoms with Gasteiger partial charge in [-0.15, -0.1) is 10.2 Å². The summed E-state index contributed by atoms with van der Waals surface area (Å²) in [6.45, 7) is 0.710. The van der Waals surface area contributed by atoms with E-state index in [1.807, 2.05) is 30.3 Å². The van der Waals surface area contributed by atoms with E-state index in [0.717, 1.165) is 11.8 Å². The largest absolute Gasteiger partial charge is 0.480 e. The molecule has 9 nitrogen and oxygen atoms in total. The molecule has 1 aliphatic rings. The topological polar surface area (TPSA) is 102 Å². The van der Waals surface area contributed by atoms with Crippen molar-refractivity contribution < 1.29 is 27.5 Å². The predicted octanol–water partition coefficient (Wildman–Crippen LogP) is 2.86. The Hall–Kier alpha value is -3.96. The zero-order chi connectivity index (χ0) is 25.0. The quantitative estimate of drug-likeness (QED) is 0.573. The fraction of sp³-hybridized carbons (Fsp3) is 0.348. The highest BCUT2D eigenvalue weighted by atomic mass is 19.4. The lowest BCUT2D eigenvalue weighted by molar-refractivity contribution is -0.143. The maximum Gasteiger partial charge on any atom is 0.434 e. The number of rotatable bonds is 6. The number of carbonyl (C=O) groups excluding carboxylic acids is 2. The Morgan fingerprint density at radius 3 is 2.40 bits per heavy atom. The summed E-state index contributed by atoms with van der Waals surface area (Å²) in [5, 5.41) is 14.0. The summed E-state index contributed by atoms with van der Waals surface area (Å²) in [5.74, 6) is -1.33. The van der Waals surface area contributed by atoms with E-state index in [1.165, 1.54) is 24.1 Å². The molecule has 35 heavy (non-hydrogen) atoms. The van der Waals surface area contributed by atoms with E-state index in [9.17, 15) is 22.8 Å². The first-order valence-electron chi connectivity index (χ1n) is 10.9. The molecule has 184 valence electrons. The molecule has 2 aromatic heterocycles. The highest BCUT2D eigenvalue weighted by Crippen LogP contribution is 2.34. The smallest absolute Gasteiger partial charge is 0.434 e. The Morgan fingerprint density at radius 1 is 1.09 bits per heavy atom. The summed E-state index contributed by atoms with van der Waals surface area (Å²) >= 11 is 0. The van der Waals surface area contributed by atoms with Crippen molar-refractivity contribution in [2.75, 3.05) is 20.2 Å². The first-order valence-corrected chi connectivity index (χ1v) is 10.9. The molecule has 0 aliphatic carbocycles. The second-order valence-corrected chi connectivity index (χ2v) is 8.02. The van der Waals surface area contributed by atoms with E-state index in [4.69, 9.17) is 4.74 Å². The van der Waals surface area contributed by atoms with Gasteiger partial charge in [0.1, 0.15) is 0 Å². The fourth-order valence-corrected chi connectivity index (χ4v) is 3.93. The fourth-order valence-electron chi connectivity index (χ4n) is 3.93. The van der Waals surface area contributed by atoms with Gasteiger partial charge in [0.25, 0.3) is 5.91 Å². The second-order valence-electron chi connectivity index (χ2n) is 8.02. The molecule has 1 aliphatic heterocycles. The molecule has 2 amide bonds. The summed E-state index contributed by atoms with van der Waals surface area (Å²) in [6.07, 6.45) is -3.27. The summed E-state index contributed by atoms with van der Waals surface area (Å²) in [4.78, 5) is 26.8. The van der Waals surface area contributed by atoms with Gasteiger partial charge < -0.3 is 15.0 Å². The summed E-state index contributed by atoms with van der Waals surface area (Å²) in [7, 11) is 1.35. The summed E-state index contributed by atoms with van der Waals surface area (Å²) in [5.41, 5.74) is -0.849. The van der Waals surface area contributed by atoms with Crippen LogP contribution in [0.2, 0.25) is 0 Å². The molecule has 0 radical (unpaired) electrons. The highest BCUT2D eigenvalue weighted by molar-refractivity contribution is 5.95. The minimum Gasteiger partial charge on any atom is -0.480 e. The van der Waals surface area contributed by atoms with Crippen LogP contribution in [0.4, 0.5) is 13.2 Å². The van der Waals surface area contributed by atoms with Crippen LogP contribution in [0.5, 0.6) is 5.88 Å². The van der Waals surface area contributed by atoms with Crippen LogP contribution in [0.15, 0.2) is 48.7 Å². The van der Waals surface area contributed by atoms with Gasteiger partial charge in [0.15, 0.2) is 11.5 Å². The molecule has 0 bridgehead atoms. The number of amides is 2. The Morgan fingerprint density at radius 2 is 1.80 bits per heavy atom. The van der Waals surface area contributed by atoms with Crippen molar-refractivity contribution in [3.8, 4) is 11.7 Å². The molecular formula is C23H23F3N6O3. The minimum atomic E-state index is -4.86. The van der Waals surface area contributed by atoms with Gasteiger partial charge >= 0.3 is 6.18 Å². The highest BCUT2D eigenvalue weighted by Gasteiger charge is 2.42. The van der Waals surface area contributed by atoms with Crippen molar-refractivity contribution in [1.82, 2.24) is 30.2 Å². The van der Waals surface area contributed by atoms with Crippen molar-refractivity contribution in [2.45, 2.75) is 25.6 Å². The van der Waals surface area contributed by atoms with Crippen LogP contribution in [-0.2, 0) is 17.5 Å². The molecule has 12 heteroatoms. The number of aromatic nitrogens is 4. The van der Waals surface area contributed by atoms with Crippen molar-refractivity contribution in [2.24, 2.45) is 5.92 Å². The molecule has 1 fully saturated rings. The number of piperidine rings is 1. The SMILES string of the molecule is COc1ccc(-n2ncc(C(=O)N3CCC(C(=O)NCc4ccccc4)CC3)c2C(F)(F)F)nn1. The second kappa shape index (κ2) is 10.1. The van der Waals surface area contributed by atoms with Gasteiger partial charge in [-0.1, -0.05) is 30.3 Å². The van der Waals surface area contributed by atoms with E-state index >= 15 is 0 Å². The zero-order valence-corrected chi connectivity index (χ0v) is 18.8. The number of halogens is 3. The lowest BCUT2D eigenvalue weighted by atomic mass is 9.95. The first kappa shape index (κ1) is 24.2. The number of carbonyl (C=O) groups is 2. The molecule has 1 aromatic carbocycles. The number of alkyl halides is 3. The maximum atomic E-state index is 13.9. The standard InChI is InChI=1S/C23H23F3N6O3/c1-35-19-8-7-18(29-30-19)32-20(23(24,25)26)17(14-28-32)22(34)31-11-9-16(10-12-31)21(33)27-13-15-5-3-2-4-6-15/h2-8,14,16H,9-13H2,1H3,(H,27,33). The van der Waals surface area contributed by atoms with Gasteiger partial charge in [0.2, 0.25) is 11.8 Å². The number of benzene rings is 1. The van der Waals surface area contributed by atoms with E-state index < -0.39 is 23.3 Å². The van der Waals surface area contributed by atoms with Crippen molar-refractivity contribution >= 4 is 11.8 Å². The Kier molecular flexibility index (Phi) is 6.99. The van der Waals surface area contributed by atoms with Crippen molar-refractivity contribution in [3.63, 3.8) is 0 Å². The molecule has 0 atom stereocenters. The lowest BCUT2D eigenvalue weighted by Gasteiger charge is -2.31. The number of hydrogen-bond acceptors (Lipinski definition) is 6. The van der Waals surface area contributed by atoms with E-state index in [0.29, 0.717) is 24.1 Å². The lowest BCUT2D eigenvalue weighted by Crippen LogP contribution is -2.43. The van der Waals surface area contributed by atoms with Gasteiger partial charge in [-0.05, 0) is 24.5 Å².